The largest absolute Gasteiger partial charge is 0.288 e. The van der Waals surface area contributed by atoms with Gasteiger partial charge in [-0.05, 0) is 64.5 Å². The molecule has 148 valence electrons. The molecule has 0 saturated heterocycles. The molecule has 0 spiro atoms. The normalized spacial score (nSPS) is 13.3. The van der Waals surface area contributed by atoms with Gasteiger partial charge in [0.05, 0.1) is 4.48 Å². The fourth-order valence-electron chi connectivity index (χ4n) is 3.19. The summed E-state index contributed by atoms with van der Waals surface area (Å²) in [7, 11) is 0. The van der Waals surface area contributed by atoms with E-state index >= 15 is 0 Å². The lowest BCUT2D eigenvalue weighted by atomic mass is 9.91. The van der Waals surface area contributed by atoms with Crippen LogP contribution in [-0.4, -0.2) is 17.5 Å². The number of fused-ring (bicyclic) bond motifs is 1. The van der Waals surface area contributed by atoms with Crippen LogP contribution in [0, 0.1) is 11.6 Å². The Morgan fingerprint density at radius 1 is 0.733 bits per heavy atom. The molecule has 0 N–H and O–H groups in total. The van der Waals surface area contributed by atoms with Crippen molar-refractivity contribution in [3.8, 4) is 0 Å². The first kappa shape index (κ1) is 19.8. The molecule has 0 bridgehead atoms. The molecule has 3 aromatic carbocycles. The van der Waals surface area contributed by atoms with Gasteiger partial charge >= 0.3 is 0 Å². The summed E-state index contributed by atoms with van der Waals surface area (Å²) in [6, 6.07) is 16.0. The Hall–Kier alpha value is -3.45. The average Bonchev–Trinajstić information content (AvgIpc) is 2.76. The van der Waals surface area contributed by atoms with E-state index in [4.69, 9.17) is 0 Å². The summed E-state index contributed by atoms with van der Waals surface area (Å²) in [6.45, 7) is 0. The van der Waals surface area contributed by atoms with Crippen LogP contribution in [0.25, 0.3) is 0 Å². The molecule has 4 nitrogen and oxygen atoms in total. The van der Waals surface area contributed by atoms with Crippen molar-refractivity contribution in [2.75, 3.05) is 4.90 Å². The van der Waals surface area contributed by atoms with Gasteiger partial charge in [0, 0.05) is 22.4 Å². The van der Waals surface area contributed by atoms with Gasteiger partial charge in [0.15, 0.2) is 0 Å². The molecule has 0 unspecified atom stereocenters. The van der Waals surface area contributed by atoms with Crippen molar-refractivity contribution in [2.24, 2.45) is 0 Å². The van der Waals surface area contributed by atoms with Gasteiger partial charge in [0.25, 0.3) is 5.91 Å². The number of amides is 1. The Labute approximate surface area is 178 Å². The predicted octanol–water partition coefficient (Wildman–Crippen LogP) is 5.30. The van der Waals surface area contributed by atoms with Crippen LogP contribution in [0.4, 0.5) is 14.5 Å². The third-order valence-electron chi connectivity index (χ3n) is 4.64. The van der Waals surface area contributed by atoms with Crippen LogP contribution in [0.2, 0.25) is 0 Å². The first-order chi connectivity index (χ1) is 14.4. The Morgan fingerprint density at radius 2 is 1.23 bits per heavy atom. The van der Waals surface area contributed by atoms with Crippen molar-refractivity contribution >= 4 is 39.1 Å². The number of rotatable bonds is 3. The molecule has 0 atom stereocenters. The molecule has 7 heteroatoms. The summed E-state index contributed by atoms with van der Waals surface area (Å²) in [6.07, 6.45) is 0. The molecule has 0 radical (unpaired) electrons. The second-order valence-corrected chi connectivity index (χ2v) is 7.28. The number of hydrogen-bond donors (Lipinski definition) is 0. The number of carbonyl (C=O) groups excluding carboxylic acids is 3. The monoisotopic (exact) mass is 467 g/mol. The van der Waals surface area contributed by atoms with E-state index < -0.39 is 29.1 Å². The number of allylic oxidation sites excluding steroid dienone is 2. The van der Waals surface area contributed by atoms with E-state index in [1.165, 1.54) is 36.4 Å². The van der Waals surface area contributed by atoms with Crippen molar-refractivity contribution in [1.82, 2.24) is 0 Å². The van der Waals surface area contributed by atoms with Crippen LogP contribution >= 0.6 is 15.9 Å². The van der Waals surface area contributed by atoms with Gasteiger partial charge in [-0.2, -0.15) is 0 Å². The summed E-state index contributed by atoms with van der Waals surface area (Å²) >= 11 is 3.18. The molecule has 3 aromatic rings. The molecular weight excluding hydrogens is 456 g/mol. The maximum atomic E-state index is 13.5. The molecular formula is C23H12BrF2NO3. The molecule has 1 aliphatic rings. The van der Waals surface area contributed by atoms with E-state index in [0.29, 0.717) is 0 Å². The SMILES string of the molecule is O=C1C(Br)=C(N(C(=O)c2ccc(F)cc2)c2ccc(F)cc2)C(=O)c2ccccc21. The second kappa shape index (κ2) is 7.76. The lowest BCUT2D eigenvalue weighted by molar-refractivity contribution is 0.0948. The molecule has 1 amide bonds. The summed E-state index contributed by atoms with van der Waals surface area (Å²) in [5.41, 5.74) is 0.441. The Balaban J connectivity index is 1.92. The second-order valence-electron chi connectivity index (χ2n) is 6.49. The number of Topliss-reactive ketones (excluding diaryl/α,β-unsaturated/α-hetero) is 2. The number of benzene rings is 3. The highest BCUT2D eigenvalue weighted by Crippen LogP contribution is 2.35. The van der Waals surface area contributed by atoms with E-state index in [1.807, 2.05) is 0 Å². The highest BCUT2D eigenvalue weighted by molar-refractivity contribution is 9.12. The highest BCUT2D eigenvalue weighted by atomic mass is 79.9. The van der Waals surface area contributed by atoms with Gasteiger partial charge in [-0.25, -0.2) is 8.78 Å². The van der Waals surface area contributed by atoms with E-state index in [-0.39, 0.29) is 32.6 Å². The molecule has 30 heavy (non-hydrogen) atoms. The number of ketones is 2. The van der Waals surface area contributed by atoms with E-state index in [1.54, 1.807) is 12.1 Å². The first-order valence-electron chi connectivity index (χ1n) is 8.82. The summed E-state index contributed by atoms with van der Waals surface area (Å²) in [4.78, 5) is 40.5. The number of carbonyl (C=O) groups is 3. The van der Waals surface area contributed by atoms with Gasteiger partial charge in [0.2, 0.25) is 11.6 Å². The van der Waals surface area contributed by atoms with E-state index in [2.05, 4.69) is 15.9 Å². The Bertz CT molecular complexity index is 1220. The van der Waals surface area contributed by atoms with Crippen molar-refractivity contribution < 1.29 is 23.2 Å². The summed E-state index contributed by atoms with van der Waals surface area (Å²) in [5, 5.41) is 0. The van der Waals surface area contributed by atoms with Crippen LogP contribution in [0.5, 0.6) is 0 Å². The molecule has 1 aliphatic carbocycles. The molecule has 0 fully saturated rings. The fourth-order valence-corrected chi connectivity index (χ4v) is 3.76. The molecule has 0 aromatic heterocycles. The van der Waals surface area contributed by atoms with Gasteiger partial charge in [-0.3, -0.25) is 19.3 Å². The smallest absolute Gasteiger partial charge is 0.263 e. The minimum atomic E-state index is -0.672. The van der Waals surface area contributed by atoms with Crippen molar-refractivity contribution in [3.63, 3.8) is 0 Å². The van der Waals surface area contributed by atoms with Gasteiger partial charge in [-0.1, -0.05) is 24.3 Å². The van der Waals surface area contributed by atoms with Gasteiger partial charge in [-0.15, -0.1) is 0 Å². The predicted molar refractivity (Wildman–Crippen MR) is 111 cm³/mol. The van der Waals surface area contributed by atoms with Crippen LogP contribution in [-0.2, 0) is 0 Å². The highest BCUT2D eigenvalue weighted by Gasteiger charge is 2.37. The standard InChI is InChI=1S/C23H12BrF2NO3/c24-19-20(22(29)18-4-2-1-3-17(18)21(19)28)27(16-11-9-15(26)10-12-16)23(30)13-5-7-14(25)8-6-13/h1-12H. The number of anilines is 1. The number of nitrogens with zero attached hydrogens (tertiary/aromatic N) is 1. The summed E-state index contributed by atoms with van der Waals surface area (Å²) < 4.78 is 26.7. The first-order valence-corrected chi connectivity index (χ1v) is 9.61. The van der Waals surface area contributed by atoms with E-state index in [9.17, 15) is 23.2 Å². The Kier molecular flexibility index (Phi) is 5.13. The van der Waals surface area contributed by atoms with Crippen molar-refractivity contribution in [2.45, 2.75) is 0 Å². The van der Waals surface area contributed by atoms with Crippen LogP contribution in [0.3, 0.4) is 0 Å². The Morgan fingerprint density at radius 3 is 1.80 bits per heavy atom. The van der Waals surface area contributed by atoms with Crippen LogP contribution in [0.1, 0.15) is 31.1 Å². The zero-order valence-corrected chi connectivity index (χ0v) is 16.8. The lowest BCUT2D eigenvalue weighted by Crippen LogP contribution is -2.37. The maximum Gasteiger partial charge on any atom is 0.263 e. The van der Waals surface area contributed by atoms with Gasteiger partial charge < -0.3 is 0 Å². The average molecular weight is 468 g/mol. The minimum Gasteiger partial charge on any atom is -0.288 e. The minimum absolute atomic E-state index is 0.0904. The van der Waals surface area contributed by atoms with E-state index in [0.717, 1.165) is 29.2 Å². The molecule has 4 rings (SSSR count). The zero-order chi connectivity index (χ0) is 21.4. The lowest BCUT2D eigenvalue weighted by Gasteiger charge is -2.28. The maximum absolute atomic E-state index is 13.5. The number of halogens is 3. The molecule has 0 saturated carbocycles. The fraction of sp³-hybridized carbons (Fsp3) is 0. The quantitative estimate of drug-likeness (QED) is 0.525. The third-order valence-corrected chi connectivity index (χ3v) is 5.38. The molecule has 0 aliphatic heterocycles. The summed E-state index contributed by atoms with van der Waals surface area (Å²) in [5.74, 6) is -2.74. The topological polar surface area (TPSA) is 54.5 Å². The van der Waals surface area contributed by atoms with Crippen molar-refractivity contribution in [3.05, 3.63) is 111 Å². The molecule has 0 heterocycles. The zero-order valence-electron chi connectivity index (χ0n) is 15.2. The van der Waals surface area contributed by atoms with Crippen LogP contribution in [0.15, 0.2) is 83.0 Å². The third kappa shape index (κ3) is 3.37. The number of hydrogen-bond acceptors (Lipinski definition) is 3. The van der Waals surface area contributed by atoms with Crippen LogP contribution < -0.4 is 4.90 Å². The van der Waals surface area contributed by atoms with Gasteiger partial charge in [0.1, 0.15) is 17.3 Å². The van der Waals surface area contributed by atoms with Crippen molar-refractivity contribution in [1.29, 1.82) is 0 Å².